The Morgan fingerprint density at radius 3 is 2.95 bits per heavy atom. The van der Waals surface area contributed by atoms with Crippen molar-refractivity contribution < 1.29 is 9.53 Å². The van der Waals surface area contributed by atoms with Crippen molar-refractivity contribution in [3.05, 3.63) is 29.8 Å². The van der Waals surface area contributed by atoms with Gasteiger partial charge in [-0.3, -0.25) is 4.79 Å². The molecular formula is C15H23ClN2O2. The third-order valence-corrected chi connectivity index (χ3v) is 3.32. The largest absolute Gasteiger partial charge is 0.493 e. The number of benzene rings is 1. The minimum Gasteiger partial charge on any atom is -0.493 e. The van der Waals surface area contributed by atoms with E-state index in [9.17, 15) is 4.79 Å². The minimum atomic E-state index is 0. The quantitative estimate of drug-likeness (QED) is 0.790. The van der Waals surface area contributed by atoms with Crippen LogP contribution >= 0.6 is 12.4 Å². The first-order chi connectivity index (χ1) is 9.25. The molecule has 1 unspecified atom stereocenters. The number of amides is 1. The van der Waals surface area contributed by atoms with Crippen LogP contribution in [-0.4, -0.2) is 31.6 Å². The maximum atomic E-state index is 11.7. The van der Waals surface area contributed by atoms with Crippen LogP contribution in [0.25, 0.3) is 0 Å². The number of ether oxygens (including phenoxy) is 1. The van der Waals surface area contributed by atoms with E-state index in [1.807, 2.05) is 31.2 Å². The van der Waals surface area contributed by atoms with Crippen molar-refractivity contribution in [3.8, 4) is 5.75 Å². The molecule has 4 nitrogen and oxygen atoms in total. The summed E-state index contributed by atoms with van der Waals surface area (Å²) in [4.78, 5) is 11.7. The van der Waals surface area contributed by atoms with Gasteiger partial charge in [-0.1, -0.05) is 18.2 Å². The highest BCUT2D eigenvalue weighted by atomic mass is 35.5. The molecule has 0 saturated carbocycles. The number of nitrogens with one attached hydrogen (secondary N) is 2. The van der Waals surface area contributed by atoms with Gasteiger partial charge in [0.2, 0.25) is 5.91 Å². The van der Waals surface area contributed by atoms with Crippen LogP contribution in [0.1, 0.15) is 24.8 Å². The minimum absolute atomic E-state index is 0. The zero-order valence-electron chi connectivity index (χ0n) is 11.9. The van der Waals surface area contributed by atoms with E-state index in [0.717, 1.165) is 37.2 Å². The Labute approximate surface area is 126 Å². The van der Waals surface area contributed by atoms with Crippen molar-refractivity contribution in [1.82, 2.24) is 10.6 Å². The molecule has 2 rings (SSSR count). The summed E-state index contributed by atoms with van der Waals surface area (Å²) in [5, 5.41) is 6.27. The summed E-state index contributed by atoms with van der Waals surface area (Å²) in [5.41, 5.74) is 1.13. The Bertz CT molecular complexity index is 420. The van der Waals surface area contributed by atoms with Crippen LogP contribution in [0.3, 0.4) is 0 Å². The Balaban J connectivity index is 0.00000200. The number of hydrogen-bond donors (Lipinski definition) is 2. The molecule has 20 heavy (non-hydrogen) atoms. The molecule has 1 aromatic carbocycles. The predicted molar refractivity (Wildman–Crippen MR) is 82.6 cm³/mol. The van der Waals surface area contributed by atoms with Crippen LogP contribution in [0.5, 0.6) is 5.75 Å². The molecule has 0 spiro atoms. The monoisotopic (exact) mass is 298 g/mol. The molecule has 1 aromatic rings. The molecule has 0 aliphatic carbocycles. The maximum Gasteiger partial charge on any atom is 0.220 e. The lowest BCUT2D eigenvalue weighted by Crippen LogP contribution is -2.36. The zero-order valence-corrected chi connectivity index (χ0v) is 12.7. The van der Waals surface area contributed by atoms with E-state index in [2.05, 4.69) is 10.6 Å². The fourth-order valence-electron chi connectivity index (χ4n) is 2.21. The van der Waals surface area contributed by atoms with Gasteiger partial charge >= 0.3 is 0 Å². The first kappa shape index (κ1) is 16.8. The van der Waals surface area contributed by atoms with Gasteiger partial charge in [0.15, 0.2) is 0 Å². The molecule has 1 heterocycles. The molecule has 5 heteroatoms. The van der Waals surface area contributed by atoms with Crippen LogP contribution in [0.4, 0.5) is 0 Å². The number of para-hydroxylation sites is 1. The van der Waals surface area contributed by atoms with Crippen molar-refractivity contribution in [2.45, 2.75) is 32.2 Å². The van der Waals surface area contributed by atoms with Crippen LogP contribution in [0.15, 0.2) is 24.3 Å². The molecule has 1 fully saturated rings. The van der Waals surface area contributed by atoms with Gasteiger partial charge in [-0.25, -0.2) is 0 Å². The SMILES string of the molecule is Cc1ccccc1OCCCC(=O)NC1CCNC1.Cl. The van der Waals surface area contributed by atoms with Gasteiger partial charge in [0.25, 0.3) is 0 Å². The smallest absolute Gasteiger partial charge is 0.220 e. The second-order valence-electron chi connectivity index (χ2n) is 4.97. The van der Waals surface area contributed by atoms with Gasteiger partial charge in [-0.2, -0.15) is 0 Å². The standard InChI is InChI=1S/C15H22N2O2.ClH/c1-12-5-2-3-6-14(12)19-10-4-7-15(18)17-13-8-9-16-11-13;/h2-3,5-6,13,16H,4,7-11H2,1H3,(H,17,18);1H. The Kier molecular flexibility index (Phi) is 7.41. The molecule has 1 aliphatic rings. The Morgan fingerprint density at radius 2 is 2.25 bits per heavy atom. The van der Waals surface area contributed by atoms with Crippen molar-refractivity contribution in [2.75, 3.05) is 19.7 Å². The van der Waals surface area contributed by atoms with Crippen molar-refractivity contribution >= 4 is 18.3 Å². The van der Waals surface area contributed by atoms with Crippen molar-refractivity contribution in [1.29, 1.82) is 0 Å². The van der Waals surface area contributed by atoms with Crippen molar-refractivity contribution in [2.24, 2.45) is 0 Å². The average Bonchev–Trinajstić information content (AvgIpc) is 2.89. The van der Waals surface area contributed by atoms with E-state index in [-0.39, 0.29) is 18.3 Å². The second kappa shape index (κ2) is 8.82. The topological polar surface area (TPSA) is 50.4 Å². The van der Waals surface area contributed by atoms with Gasteiger partial charge in [-0.05, 0) is 37.9 Å². The van der Waals surface area contributed by atoms with Gasteiger partial charge in [0.1, 0.15) is 5.75 Å². The maximum absolute atomic E-state index is 11.7. The lowest BCUT2D eigenvalue weighted by molar-refractivity contribution is -0.121. The second-order valence-corrected chi connectivity index (χ2v) is 4.97. The van der Waals surface area contributed by atoms with Crippen LogP contribution in [0.2, 0.25) is 0 Å². The van der Waals surface area contributed by atoms with E-state index in [1.165, 1.54) is 0 Å². The summed E-state index contributed by atoms with van der Waals surface area (Å²) in [6.45, 7) is 4.50. The van der Waals surface area contributed by atoms with E-state index in [0.29, 0.717) is 19.1 Å². The van der Waals surface area contributed by atoms with Gasteiger partial charge in [0.05, 0.1) is 6.61 Å². The lowest BCUT2D eigenvalue weighted by atomic mass is 10.2. The third kappa shape index (κ3) is 5.39. The normalized spacial score (nSPS) is 17.4. The average molecular weight is 299 g/mol. The number of aryl methyl sites for hydroxylation is 1. The fourth-order valence-corrected chi connectivity index (χ4v) is 2.21. The summed E-state index contributed by atoms with van der Waals surface area (Å²) in [5.74, 6) is 1.03. The molecule has 1 saturated heterocycles. The molecular weight excluding hydrogens is 276 g/mol. The molecule has 1 amide bonds. The molecule has 1 atom stereocenters. The molecule has 2 N–H and O–H groups in total. The molecule has 1 aliphatic heterocycles. The predicted octanol–water partition coefficient (Wildman–Crippen LogP) is 2.05. The number of carbonyl (C=O) groups is 1. The molecule has 0 bridgehead atoms. The highest BCUT2D eigenvalue weighted by Crippen LogP contribution is 2.16. The number of carbonyl (C=O) groups excluding carboxylic acids is 1. The van der Waals surface area contributed by atoms with Gasteiger partial charge in [0, 0.05) is 19.0 Å². The Morgan fingerprint density at radius 1 is 1.45 bits per heavy atom. The van der Waals surface area contributed by atoms with Crippen molar-refractivity contribution in [3.63, 3.8) is 0 Å². The van der Waals surface area contributed by atoms with E-state index in [1.54, 1.807) is 0 Å². The highest BCUT2D eigenvalue weighted by molar-refractivity contribution is 5.85. The van der Waals surface area contributed by atoms with Gasteiger partial charge in [-0.15, -0.1) is 12.4 Å². The summed E-state index contributed by atoms with van der Waals surface area (Å²) < 4.78 is 5.66. The van der Waals surface area contributed by atoms with Crippen LogP contribution in [0, 0.1) is 6.92 Å². The molecule has 0 radical (unpaired) electrons. The molecule has 0 aromatic heterocycles. The third-order valence-electron chi connectivity index (χ3n) is 3.32. The summed E-state index contributed by atoms with van der Waals surface area (Å²) in [7, 11) is 0. The number of halogens is 1. The Hall–Kier alpha value is -1.26. The van der Waals surface area contributed by atoms with E-state index in [4.69, 9.17) is 4.74 Å². The summed E-state index contributed by atoms with van der Waals surface area (Å²) in [6, 6.07) is 8.24. The summed E-state index contributed by atoms with van der Waals surface area (Å²) >= 11 is 0. The number of hydrogen-bond acceptors (Lipinski definition) is 3. The van der Waals surface area contributed by atoms with Crippen LogP contribution < -0.4 is 15.4 Å². The first-order valence-corrected chi connectivity index (χ1v) is 6.94. The van der Waals surface area contributed by atoms with Crippen LogP contribution in [-0.2, 0) is 4.79 Å². The lowest BCUT2D eigenvalue weighted by Gasteiger charge is -2.12. The first-order valence-electron chi connectivity index (χ1n) is 6.94. The fraction of sp³-hybridized carbons (Fsp3) is 0.533. The van der Waals surface area contributed by atoms with E-state index < -0.39 is 0 Å². The van der Waals surface area contributed by atoms with E-state index >= 15 is 0 Å². The molecule has 112 valence electrons. The number of rotatable bonds is 6. The highest BCUT2D eigenvalue weighted by Gasteiger charge is 2.16. The summed E-state index contributed by atoms with van der Waals surface area (Å²) in [6.07, 6.45) is 2.31. The zero-order chi connectivity index (χ0) is 13.5. The van der Waals surface area contributed by atoms with Gasteiger partial charge < -0.3 is 15.4 Å².